The Labute approximate surface area is 130 Å². The predicted octanol–water partition coefficient (Wildman–Crippen LogP) is 1.82. The van der Waals surface area contributed by atoms with Crippen molar-refractivity contribution in [2.75, 3.05) is 12.1 Å². The van der Waals surface area contributed by atoms with Crippen LogP contribution in [0.4, 0.5) is 5.69 Å². The third-order valence-corrected chi connectivity index (χ3v) is 3.20. The Bertz CT molecular complexity index is 757. The topological polar surface area (TPSA) is 118 Å². The molecule has 23 heavy (non-hydrogen) atoms. The largest absolute Gasteiger partial charge is 0.477 e. The molecular formula is C15H12N2O6. The first-order chi connectivity index (χ1) is 11.0. The van der Waals surface area contributed by atoms with Crippen LogP contribution in [0.25, 0.3) is 0 Å². The summed E-state index contributed by atoms with van der Waals surface area (Å²) in [7, 11) is 0. The van der Waals surface area contributed by atoms with Crippen molar-refractivity contribution in [2.45, 2.75) is 6.54 Å². The number of ether oxygens (including phenoxy) is 2. The highest BCUT2D eigenvalue weighted by atomic mass is 16.7. The van der Waals surface area contributed by atoms with E-state index in [4.69, 9.17) is 19.7 Å². The van der Waals surface area contributed by atoms with Crippen molar-refractivity contribution in [1.29, 1.82) is 0 Å². The van der Waals surface area contributed by atoms with Crippen molar-refractivity contribution in [1.82, 2.24) is 4.98 Å². The molecule has 0 spiro atoms. The molecule has 0 aliphatic carbocycles. The molecule has 8 nitrogen and oxygen atoms in total. The summed E-state index contributed by atoms with van der Waals surface area (Å²) in [4.78, 5) is 25.6. The number of carbonyl (C=O) groups is 2. The Hall–Kier alpha value is -3.29. The fraction of sp³-hybridized carbons (Fsp3) is 0.133. The average molecular weight is 316 g/mol. The van der Waals surface area contributed by atoms with Gasteiger partial charge in [-0.1, -0.05) is 6.07 Å². The molecule has 0 fully saturated rings. The summed E-state index contributed by atoms with van der Waals surface area (Å²) in [5, 5.41) is 21.0. The van der Waals surface area contributed by atoms with Gasteiger partial charge in [-0.25, -0.2) is 14.6 Å². The number of carboxylic acids is 2. The first-order valence-corrected chi connectivity index (χ1v) is 6.64. The number of anilines is 1. The summed E-state index contributed by atoms with van der Waals surface area (Å²) in [5.41, 5.74) is 0.559. The normalized spacial score (nSPS) is 12.0. The summed E-state index contributed by atoms with van der Waals surface area (Å²) in [5.74, 6) is -1.28. The van der Waals surface area contributed by atoms with E-state index in [0.29, 0.717) is 23.7 Å². The second-order valence-electron chi connectivity index (χ2n) is 4.78. The molecule has 2 heterocycles. The lowest BCUT2D eigenvalue weighted by atomic mass is 10.2. The SMILES string of the molecule is O=C(O)c1cc(NCc2ccc3c(c2)OCO3)cc(C(=O)O)n1. The Morgan fingerprint density at radius 1 is 1.04 bits per heavy atom. The molecule has 0 unspecified atom stereocenters. The molecule has 0 saturated carbocycles. The number of pyridine rings is 1. The van der Waals surface area contributed by atoms with Gasteiger partial charge in [0.15, 0.2) is 22.9 Å². The fourth-order valence-corrected chi connectivity index (χ4v) is 2.11. The van der Waals surface area contributed by atoms with E-state index in [1.807, 2.05) is 6.07 Å². The molecule has 0 bridgehead atoms. The number of rotatable bonds is 5. The standard InChI is InChI=1S/C15H12N2O6/c18-14(19)10-4-9(5-11(17-10)15(20)21)16-6-8-1-2-12-13(3-8)23-7-22-12/h1-5H,6-7H2,(H,16,17)(H,18,19)(H,20,21). The van der Waals surface area contributed by atoms with Crippen LogP contribution >= 0.6 is 0 Å². The zero-order chi connectivity index (χ0) is 16.4. The molecule has 1 aromatic carbocycles. The van der Waals surface area contributed by atoms with Crippen LogP contribution in [0.3, 0.4) is 0 Å². The maximum atomic E-state index is 11.0. The van der Waals surface area contributed by atoms with E-state index >= 15 is 0 Å². The lowest BCUT2D eigenvalue weighted by Crippen LogP contribution is -2.10. The molecular weight excluding hydrogens is 304 g/mol. The van der Waals surface area contributed by atoms with Gasteiger partial charge in [0.1, 0.15) is 0 Å². The van der Waals surface area contributed by atoms with Gasteiger partial charge in [-0.15, -0.1) is 0 Å². The quantitative estimate of drug-likeness (QED) is 0.764. The van der Waals surface area contributed by atoms with Crippen LogP contribution in [0, 0.1) is 0 Å². The zero-order valence-corrected chi connectivity index (χ0v) is 11.8. The van der Waals surface area contributed by atoms with Gasteiger partial charge < -0.3 is 25.0 Å². The number of nitrogens with one attached hydrogen (secondary N) is 1. The van der Waals surface area contributed by atoms with Gasteiger partial charge in [-0.3, -0.25) is 0 Å². The van der Waals surface area contributed by atoms with E-state index in [-0.39, 0.29) is 18.2 Å². The van der Waals surface area contributed by atoms with Gasteiger partial charge in [0, 0.05) is 12.2 Å². The second-order valence-corrected chi connectivity index (χ2v) is 4.78. The number of hydrogen-bond donors (Lipinski definition) is 3. The highest BCUT2D eigenvalue weighted by Crippen LogP contribution is 2.32. The van der Waals surface area contributed by atoms with Crippen molar-refractivity contribution in [3.63, 3.8) is 0 Å². The smallest absolute Gasteiger partial charge is 0.354 e. The minimum Gasteiger partial charge on any atom is -0.477 e. The van der Waals surface area contributed by atoms with Crippen LogP contribution in [0.1, 0.15) is 26.5 Å². The maximum Gasteiger partial charge on any atom is 0.354 e. The second kappa shape index (κ2) is 5.84. The van der Waals surface area contributed by atoms with E-state index in [1.54, 1.807) is 12.1 Å². The fourth-order valence-electron chi connectivity index (χ4n) is 2.11. The van der Waals surface area contributed by atoms with E-state index < -0.39 is 11.9 Å². The molecule has 0 saturated heterocycles. The molecule has 0 atom stereocenters. The lowest BCUT2D eigenvalue weighted by Gasteiger charge is -2.09. The molecule has 8 heteroatoms. The summed E-state index contributed by atoms with van der Waals surface area (Å²) < 4.78 is 10.5. The summed E-state index contributed by atoms with van der Waals surface area (Å²) in [6.07, 6.45) is 0. The van der Waals surface area contributed by atoms with Crippen LogP contribution in [0.5, 0.6) is 11.5 Å². The number of aromatic nitrogens is 1. The van der Waals surface area contributed by atoms with Crippen LogP contribution in [-0.2, 0) is 6.54 Å². The van der Waals surface area contributed by atoms with Gasteiger partial charge in [0.05, 0.1) is 0 Å². The summed E-state index contributed by atoms with van der Waals surface area (Å²) >= 11 is 0. The third kappa shape index (κ3) is 3.15. The average Bonchev–Trinajstić information content (AvgIpc) is 3.00. The summed E-state index contributed by atoms with van der Waals surface area (Å²) in [6.45, 7) is 0.541. The van der Waals surface area contributed by atoms with Crippen LogP contribution in [0.15, 0.2) is 30.3 Å². The zero-order valence-electron chi connectivity index (χ0n) is 11.8. The molecule has 0 radical (unpaired) electrons. The molecule has 3 rings (SSSR count). The van der Waals surface area contributed by atoms with Gasteiger partial charge >= 0.3 is 11.9 Å². The van der Waals surface area contributed by atoms with Crippen molar-refractivity contribution in [3.05, 3.63) is 47.3 Å². The number of nitrogens with zero attached hydrogens (tertiary/aromatic N) is 1. The third-order valence-electron chi connectivity index (χ3n) is 3.20. The van der Waals surface area contributed by atoms with E-state index in [0.717, 1.165) is 5.56 Å². The van der Waals surface area contributed by atoms with Gasteiger partial charge in [0.2, 0.25) is 6.79 Å². The number of fused-ring (bicyclic) bond motifs is 1. The van der Waals surface area contributed by atoms with Gasteiger partial charge in [-0.05, 0) is 29.8 Å². The minimum absolute atomic E-state index is 0.181. The van der Waals surface area contributed by atoms with Crippen molar-refractivity contribution < 1.29 is 29.3 Å². The highest BCUT2D eigenvalue weighted by molar-refractivity contribution is 5.91. The Balaban J connectivity index is 1.79. The van der Waals surface area contributed by atoms with Crippen molar-refractivity contribution >= 4 is 17.6 Å². The first-order valence-electron chi connectivity index (χ1n) is 6.64. The van der Waals surface area contributed by atoms with E-state index in [2.05, 4.69) is 10.3 Å². The van der Waals surface area contributed by atoms with Gasteiger partial charge in [0.25, 0.3) is 0 Å². The highest BCUT2D eigenvalue weighted by Gasteiger charge is 2.15. The molecule has 1 aromatic heterocycles. The van der Waals surface area contributed by atoms with Crippen molar-refractivity contribution in [3.8, 4) is 11.5 Å². The number of benzene rings is 1. The molecule has 118 valence electrons. The molecule has 0 amide bonds. The first kappa shape index (κ1) is 14.6. The Morgan fingerprint density at radius 2 is 1.70 bits per heavy atom. The van der Waals surface area contributed by atoms with E-state index in [1.165, 1.54) is 12.1 Å². The maximum absolute atomic E-state index is 11.0. The lowest BCUT2D eigenvalue weighted by molar-refractivity contribution is 0.0685. The monoisotopic (exact) mass is 316 g/mol. The van der Waals surface area contributed by atoms with Crippen LogP contribution < -0.4 is 14.8 Å². The molecule has 3 N–H and O–H groups in total. The Kier molecular flexibility index (Phi) is 3.71. The van der Waals surface area contributed by atoms with Crippen LogP contribution in [0.2, 0.25) is 0 Å². The predicted molar refractivity (Wildman–Crippen MR) is 78.0 cm³/mol. The number of aromatic carboxylic acids is 2. The van der Waals surface area contributed by atoms with Crippen LogP contribution in [-0.4, -0.2) is 33.9 Å². The molecule has 2 aromatic rings. The Morgan fingerprint density at radius 3 is 2.35 bits per heavy atom. The molecule has 1 aliphatic rings. The number of carboxylic acid groups (broad SMARTS) is 2. The van der Waals surface area contributed by atoms with Crippen molar-refractivity contribution in [2.24, 2.45) is 0 Å². The summed E-state index contributed by atoms with van der Waals surface area (Å²) in [6, 6.07) is 7.96. The van der Waals surface area contributed by atoms with Gasteiger partial charge in [-0.2, -0.15) is 0 Å². The molecule has 1 aliphatic heterocycles. The van der Waals surface area contributed by atoms with E-state index in [9.17, 15) is 9.59 Å². The number of hydrogen-bond acceptors (Lipinski definition) is 6. The minimum atomic E-state index is -1.29.